The summed E-state index contributed by atoms with van der Waals surface area (Å²) in [5, 5.41) is 6.87. The van der Waals surface area contributed by atoms with Crippen molar-refractivity contribution in [3.05, 3.63) is 53.8 Å². The number of anilines is 1. The van der Waals surface area contributed by atoms with Crippen LogP contribution in [0.25, 0.3) is 0 Å². The zero-order valence-electron chi connectivity index (χ0n) is 19.1. The van der Waals surface area contributed by atoms with Gasteiger partial charge in [-0.3, -0.25) is 9.69 Å². The Bertz CT molecular complexity index is 942. The lowest BCUT2D eigenvalue weighted by Gasteiger charge is -2.24. The summed E-state index contributed by atoms with van der Waals surface area (Å²) in [5.41, 5.74) is 1.65. The molecule has 2 aromatic carbocycles. The van der Waals surface area contributed by atoms with E-state index in [-0.39, 0.29) is 11.7 Å². The average molecular weight is 475 g/mol. The number of amides is 1. The van der Waals surface area contributed by atoms with Gasteiger partial charge < -0.3 is 25.0 Å². The number of rotatable bonds is 8. The molecule has 0 saturated carbocycles. The summed E-state index contributed by atoms with van der Waals surface area (Å²) in [6.45, 7) is 4.12. The zero-order chi connectivity index (χ0) is 23.6. The molecule has 0 bridgehead atoms. The van der Waals surface area contributed by atoms with Crippen LogP contribution in [-0.4, -0.2) is 74.3 Å². The third-order valence-electron chi connectivity index (χ3n) is 5.53. The largest absolute Gasteiger partial charge is 0.497 e. The Morgan fingerprint density at radius 3 is 2.58 bits per heavy atom. The summed E-state index contributed by atoms with van der Waals surface area (Å²) >= 11 is 5.61. The quantitative estimate of drug-likeness (QED) is 0.571. The number of thiocarbonyl (C=S) groups is 1. The van der Waals surface area contributed by atoms with Crippen LogP contribution in [-0.2, 0) is 11.2 Å². The minimum atomic E-state index is -0.326. The first-order valence-corrected chi connectivity index (χ1v) is 11.4. The van der Waals surface area contributed by atoms with Crippen LogP contribution in [0.4, 0.5) is 10.1 Å². The van der Waals surface area contributed by atoms with Crippen molar-refractivity contribution in [2.45, 2.75) is 12.8 Å². The SMILES string of the molecule is COc1ccc(OC)c(CCNC(=S)N2CCCN(CC(=O)Nc3ccc(F)cc3)CC2)c1. The van der Waals surface area contributed by atoms with E-state index in [1.165, 1.54) is 12.1 Å². The van der Waals surface area contributed by atoms with Crippen LogP contribution < -0.4 is 20.1 Å². The van der Waals surface area contributed by atoms with E-state index in [1.807, 2.05) is 18.2 Å². The number of nitrogens with one attached hydrogen (secondary N) is 2. The van der Waals surface area contributed by atoms with Gasteiger partial charge >= 0.3 is 0 Å². The Hall–Kier alpha value is -2.91. The van der Waals surface area contributed by atoms with Crippen molar-refractivity contribution in [1.29, 1.82) is 0 Å². The number of hydrogen-bond donors (Lipinski definition) is 2. The summed E-state index contributed by atoms with van der Waals surface area (Å²) in [5.74, 6) is 1.19. The van der Waals surface area contributed by atoms with Crippen molar-refractivity contribution in [2.75, 3.05) is 58.8 Å². The third-order valence-corrected chi connectivity index (χ3v) is 5.93. The minimum absolute atomic E-state index is 0.108. The highest BCUT2D eigenvalue weighted by atomic mass is 32.1. The predicted molar refractivity (Wildman–Crippen MR) is 132 cm³/mol. The molecule has 0 atom stereocenters. The summed E-state index contributed by atoms with van der Waals surface area (Å²) in [7, 11) is 3.31. The first-order chi connectivity index (χ1) is 16.0. The van der Waals surface area contributed by atoms with Crippen LogP contribution in [0.3, 0.4) is 0 Å². The molecule has 2 N–H and O–H groups in total. The molecule has 0 spiro atoms. The van der Waals surface area contributed by atoms with Crippen LogP contribution >= 0.6 is 12.2 Å². The molecule has 9 heteroatoms. The molecule has 0 unspecified atom stereocenters. The molecule has 1 amide bonds. The second-order valence-electron chi connectivity index (χ2n) is 7.83. The Kier molecular flexibility index (Phi) is 9.26. The molecule has 7 nitrogen and oxygen atoms in total. The monoisotopic (exact) mass is 474 g/mol. The normalized spacial score (nSPS) is 14.3. The fourth-order valence-electron chi connectivity index (χ4n) is 3.76. The lowest BCUT2D eigenvalue weighted by atomic mass is 10.1. The van der Waals surface area contributed by atoms with Gasteiger partial charge in [0, 0.05) is 38.4 Å². The molecule has 1 aliphatic heterocycles. The number of nitrogens with zero attached hydrogens (tertiary/aromatic N) is 2. The molecule has 2 aromatic rings. The van der Waals surface area contributed by atoms with Crippen LogP contribution in [0.15, 0.2) is 42.5 Å². The number of halogens is 1. The van der Waals surface area contributed by atoms with E-state index in [4.69, 9.17) is 21.7 Å². The smallest absolute Gasteiger partial charge is 0.238 e. The molecule has 178 valence electrons. The first-order valence-electron chi connectivity index (χ1n) is 11.0. The number of benzene rings is 2. The van der Waals surface area contributed by atoms with Crippen molar-refractivity contribution in [3.8, 4) is 11.5 Å². The summed E-state index contributed by atoms with van der Waals surface area (Å²) in [6, 6.07) is 11.5. The number of carbonyl (C=O) groups excluding carboxylic acids is 1. The second-order valence-corrected chi connectivity index (χ2v) is 8.22. The van der Waals surface area contributed by atoms with E-state index < -0.39 is 0 Å². The van der Waals surface area contributed by atoms with Crippen LogP contribution in [0, 0.1) is 5.82 Å². The molecule has 0 aliphatic carbocycles. The van der Waals surface area contributed by atoms with Gasteiger partial charge in [0.05, 0.1) is 20.8 Å². The first kappa shape index (κ1) is 24.7. The van der Waals surface area contributed by atoms with Gasteiger partial charge in [-0.25, -0.2) is 4.39 Å². The Morgan fingerprint density at radius 2 is 1.85 bits per heavy atom. The number of carbonyl (C=O) groups is 1. The summed E-state index contributed by atoms with van der Waals surface area (Å²) in [4.78, 5) is 16.6. The van der Waals surface area contributed by atoms with Gasteiger partial charge in [0.25, 0.3) is 0 Å². The van der Waals surface area contributed by atoms with Crippen LogP contribution in [0.5, 0.6) is 11.5 Å². The molecule has 1 fully saturated rings. The van der Waals surface area contributed by atoms with E-state index in [9.17, 15) is 9.18 Å². The molecule has 1 heterocycles. The van der Waals surface area contributed by atoms with Gasteiger partial charge in [0.15, 0.2) is 5.11 Å². The zero-order valence-corrected chi connectivity index (χ0v) is 19.9. The standard InChI is InChI=1S/C24H31FN4O3S/c1-31-21-8-9-22(32-2)18(16-21)10-11-26-24(33)29-13-3-12-28(14-15-29)17-23(30)27-20-6-4-19(25)5-7-20/h4-9,16H,3,10-15,17H2,1-2H3,(H,26,33)(H,27,30). The number of hydrogen-bond acceptors (Lipinski definition) is 5. The molecular weight excluding hydrogens is 443 g/mol. The minimum Gasteiger partial charge on any atom is -0.497 e. The van der Waals surface area contributed by atoms with Gasteiger partial charge in [-0.15, -0.1) is 0 Å². The van der Waals surface area contributed by atoms with Gasteiger partial charge in [-0.1, -0.05) is 0 Å². The van der Waals surface area contributed by atoms with Crippen molar-refractivity contribution >= 4 is 28.9 Å². The van der Waals surface area contributed by atoms with Gasteiger partial charge in [0.2, 0.25) is 5.91 Å². The molecule has 3 rings (SSSR count). The van der Waals surface area contributed by atoms with E-state index in [0.29, 0.717) is 18.8 Å². The lowest BCUT2D eigenvalue weighted by molar-refractivity contribution is -0.117. The lowest BCUT2D eigenvalue weighted by Crippen LogP contribution is -2.43. The topological polar surface area (TPSA) is 66.1 Å². The highest BCUT2D eigenvalue weighted by Gasteiger charge is 2.19. The van der Waals surface area contributed by atoms with Crippen molar-refractivity contribution in [3.63, 3.8) is 0 Å². The fraction of sp³-hybridized carbons (Fsp3) is 0.417. The van der Waals surface area contributed by atoms with Crippen molar-refractivity contribution in [1.82, 2.24) is 15.1 Å². The molecule has 0 radical (unpaired) electrons. The molecule has 33 heavy (non-hydrogen) atoms. The fourth-order valence-corrected chi connectivity index (χ4v) is 4.05. The third kappa shape index (κ3) is 7.57. The maximum atomic E-state index is 13.0. The number of methoxy groups -OCH3 is 2. The highest BCUT2D eigenvalue weighted by Crippen LogP contribution is 2.24. The molecule has 0 aromatic heterocycles. The number of ether oxygens (including phenoxy) is 2. The van der Waals surface area contributed by atoms with E-state index in [0.717, 1.165) is 61.2 Å². The van der Waals surface area contributed by atoms with Crippen LogP contribution in [0.1, 0.15) is 12.0 Å². The summed E-state index contributed by atoms with van der Waals surface area (Å²) in [6.07, 6.45) is 1.67. The Balaban J connectivity index is 1.43. The van der Waals surface area contributed by atoms with Crippen molar-refractivity contribution < 1.29 is 18.7 Å². The van der Waals surface area contributed by atoms with E-state index in [2.05, 4.69) is 20.4 Å². The van der Waals surface area contributed by atoms with Gasteiger partial charge in [0.1, 0.15) is 17.3 Å². The van der Waals surface area contributed by atoms with E-state index >= 15 is 0 Å². The van der Waals surface area contributed by atoms with Gasteiger partial charge in [-0.2, -0.15) is 0 Å². The van der Waals surface area contributed by atoms with Gasteiger partial charge in [-0.05, 0) is 73.1 Å². The predicted octanol–water partition coefficient (Wildman–Crippen LogP) is 2.91. The maximum absolute atomic E-state index is 13.0. The van der Waals surface area contributed by atoms with Crippen LogP contribution in [0.2, 0.25) is 0 Å². The summed E-state index contributed by atoms with van der Waals surface area (Å²) < 4.78 is 23.8. The highest BCUT2D eigenvalue weighted by molar-refractivity contribution is 7.80. The molecular formula is C24H31FN4O3S. The Morgan fingerprint density at radius 1 is 1.06 bits per heavy atom. The maximum Gasteiger partial charge on any atom is 0.238 e. The van der Waals surface area contributed by atoms with Crippen molar-refractivity contribution in [2.24, 2.45) is 0 Å². The Labute approximate surface area is 199 Å². The molecule has 1 aliphatic rings. The molecule has 1 saturated heterocycles. The average Bonchev–Trinajstić information content (AvgIpc) is 3.06. The second kappa shape index (κ2) is 12.4. The van der Waals surface area contributed by atoms with E-state index in [1.54, 1.807) is 26.4 Å².